The Bertz CT molecular complexity index is 1040. The summed E-state index contributed by atoms with van der Waals surface area (Å²) >= 11 is 0. The number of allylic oxidation sites excluding steroid dienone is 3. The van der Waals surface area contributed by atoms with Crippen LogP contribution in [-0.2, 0) is 0 Å². The molecule has 5 heteroatoms. The van der Waals surface area contributed by atoms with E-state index in [0.717, 1.165) is 74.3 Å². The van der Waals surface area contributed by atoms with Gasteiger partial charge in [0, 0.05) is 74.2 Å². The Hall–Kier alpha value is -2.50. The fourth-order valence-electron chi connectivity index (χ4n) is 7.05. The normalized spacial score (nSPS) is 27.0. The van der Waals surface area contributed by atoms with Crippen molar-refractivity contribution in [2.75, 3.05) is 58.9 Å². The average Bonchev–Trinajstić information content (AvgIpc) is 3.64. The Kier molecular flexibility index (Phi) is 8.58. The predicted molar refractivity (Wildman–Crippen MR) is 165 cm³/mol. The van der Waals surface area contributed by atoms with Gasteiger partial charge >= 0.3 is 0 Å². The van der Waals surface area contributed by atoms with Crippen LogP contribution in [0.2, 0.25) is 0 Å². The monoisotopic (exact) mass is 529 g/mol. The second-order valence-corrected chi connectivity index (χ2v) is 12.7. The number of likely N-dealkylation sites (tertiary alicyclic amines) is 1. The molecule has 212 valence electrons. The van der Waals surface area contributed by atoms with Crippen molar-refractivity contribution >= 4 is 0 Å². The maximum atomic E-state index is 4.45. The fraction of sp³-hybridized carbons (Fsp3) is 0.588. The van der Waals surface area contributed by atoms with E-state index in [1.54, 1.807) is 0 Å². The summed E-state index contributed by atoms with van der Waals surface area (Å²) in [6.45, 7) is 34.1. The summed E-state index contributed by atoms with van der Waals surface area (Å²) in [5.41, 5.74) is 7.28. The summed E-state index contributed by atoms with van der Waals surface area (Å²) in [6, 6.07) is 0.235. The Morgan fingerprint density at radius 2 is 1.72 bits per heavy atom. The number of hydrogen-bond acceptors (Lipinski definition) is 5. The average molecular weight is 530 g/mol. The van der Waals surface area contributed by atoms with Crippen LogP contribution in [0.5, 0.6) is 0 Å². The zero-order chi connectivity index (χ0) is 27.6. The van der Waals surface area contributed by atoms with Crippen molar-refractivity contribution < 1.29 is 0 Å². The number of nitrogens with one attached hydrogen (secondary N) is 1. The van der Waals surface area contributed by atoms with Gasteiger partial charge in [-0.3, -0.25) is 4.90 Å². The van der Waals surface area contributed by atoms with Gasteiger partial charge in [0.1, 0.15) is 0 Å². The van der Waals surface area contributed by atoms with E-state index in [4.69, 9.17) is 0 Å². The third kappa shape index (κ3) is 6.47. The first-order valence-corrected chi connectivity index (χ1v) is 15.3. The first-order valence-electron chi connectivity index (χ1n) is 15.3. The molecular formula is C34H51N5. The minimum atomic E-state index is 0.235. The number of piperidine rings is 2. The van der Waals surface area contributed by atoms with E-state index >= 15 is 0 Å². The molecule has 0 bridgehead atoms. The Morgan fingerprint density at radius 1 is 1.00 bits per heavy atom. The standard InChI is InChI=1S/C34H51N5/c1-7-31-24-39(33-12-9-26(3)35-28(33)5)29(6)32(31)11-10-27(4)38-21-19-36(20-22-38)23-30-13-17-37(18-14-30)25-34(8-2)15-16-34/h7,10-11,30,33,35H,1,3-6,8-9,12-25H2,2H3/b11-10-. The lowest BCUT2D eigenvalue weighted by molar-refractivity contribution is 0.101. The largest absolute Gasteiger partial charge is 0.369 e. The second-order valence-electron chi connectivity index (χ2n) is 12.7. The summed E-state index contributed by atoms with van der Waals surface area (Å²) in [6.07, 6.45) is 15.4. The van der Waals surface area contributed by atoms with E-state index in [9.17, 15) is 0 Å². The molecule has 5 rings (SSSR count). The van der Waals surface area contributed by atoms with Gasteiger partial charge in [0.05, 0.1) is 6.04 Å². The number of rotatable bonds is 10. The van der Waals surface area contributed by atoms with Crippen LogP contribution in [0.4, 0.5) is 0 Å². The molecule has 4 aliphatic heterocycles. The quantitative estimate of drug-likeness (QED) is 0.368. The molecule has 0 aromatic rings. The van der Waals surface area contributed by atoms with Gasteiger partial charge in [0.15, 0.2) is 0 Å². The highest BCUT2D eigenvalue weighted by Gasteiger charge is 2.42. The summed E-state index contributed by atoms with van der Waals surface area (Å²) in [5, 5.41) is 3.35. The van der Waals surface area contributed by atoms with E-state index in [0.29, 0.717) is 5.41 Å². The Balaban J connectivity index is 1.07. The van der Waals surface area contributed by atoms with Crippen molar-refractivity contribution in [1.82, 2.24) is 24.9 Å². The van der Waals surface area contributed by atoms with Crippen molar-refractivity contribution in [1.29, 1.82) is 0 Å². The first-order chi connectivity index (χ1) is 18.8. The van der Waals surface area contributed by atoms with Crippen molar-refractivity contribution in [3.05, 3.63) is 85.1 Å². The van der Waals surface area contributed by atoms with Crippen LogP contribution < -0.4 is 5.32 Å². The van der Waals surface area contributed by atoms with Gasteiger partial charge in [-0.05, 0) is 81.0 Å². The lowest BCUT2D eigenvalue weighted by Gasteiger charge is -2.40. The molecule has 0 aromatic heterocycles. The topological polar surface area (TPSA) is 25.0 Å². The van der Waals surface area contributed by atoms with E-state index in [1.807, 2.05) is 6.08 Å². The van der Waals surface area contributed by atoms with Crippen LogP contribution in [0, 0.1) is 11.3 Å². The van der Waals surface area contributed by atoms with Crippen LogP contribution in [0.15, 0.2) is 85.1 Å². The molecule has 0 amide bonds. The molecule has 0 spiro atoms. The van der Waals surface area contributed by atoms with Gasteiger partial charge < -0.3 is 20.0 Å². The minimum Gasteiger partial charge on any atom is -0.369 e. The molecule has 1 unspecified atom stereocenters. The molecule has 5 aliphatic rings. The third-order valence-electron chi connectivity index (χ3n) is 10.1. The van der Waals surface area contributed by atoms with Gasteiger partial charge in [-0.15, -0.1) is 0 Å². The van der Waals surface area contributed by atoms with E-state index < -0.39 is 0 Å². The van der Waals surface area contributed by atoms with E-state index in [1.165, 1.54) is 69.4 Å². The first kappa shape index (κ1) is 28.0. The maximum absolute atomic E-state index is 4.45. The highest BCUT2D eigenvalue weighted by Crippen LogP contribution is 2.49. The molecule has 39 heavy (non-hydrogen) atoms. The summed E-state index contributed by atoms with van der Waals surface area (Å²) in [5.74, 6) is 0.863. The highest BCUT2D eigenvalue weighted by atomic mass is 15.3. The summed E-state index contributed by atoms with van der Waals surface area (Å²) in [7, 11) is 0. The van der Waals surface area contributed by atoms with Crippen LogP contribution >= 0.6 is 0 Å². The molecule has 1 N–H and O–H groups in total. The molecule has 1 saturated carbocycles. The van der Waals surface area contributed by atoms with Crippen molar-refractivity contribution in [3.8, 4) is 0 Å². The van der Waals surface area contributed by atoms with Gasteiger partial charge in [0.2, 0.25) is 0 Å². The fourth-order valence-corrected chi connectivity index (χ4v) is 7.05. The van der Waals surface area contributed by atoms with Crippen molar-refractivity contribution in [3.63, 3.8) is 0 Å². The Morgan fingerprint density at radius 3 is 2.33 bits per heavy atom. The SMILES string of the molecule is C=CC1=C(/C=C\C(=C)N2CCN(CC3CCN(CC4(CC)CC4)CC3)CC2)C(=C)N(C2CCC(=C)NC2=C)C1. The number of nitrogens with zero attached hydrogens (tertiary/aromatic N) is 4. The summed E-state index contributed by atoms with van der Waals surface area (Å²) < 4.78 is 0. The molecule has 0 aromatic carbocycles. The zero-order valence-electron chi connectivity index (χ0n) is 24.5. The Labute approximate surface area is 238 Å². The highest BCUT2D eigenvalue weighted by molar-refractivity contribution is 5.52. The molecule has 4 fully saturated rings. The molecule has 0 radical (unpaired) electrons. The van der Waals surface area contributed by atoms with Gasteiger partial charge in [-0.1, -0.05) is 52.0 Å². The van der Waals surface area contributed by atoms with Crippen molar-refractivity contribution in [2.45, 2.75) is 57.9 Å². The molecular weight excluding hydrogens is 478 g/mol. The van der Waals surface area contributed by atoms with Gasteiger partial charge in [-0.25, -0.2) is 0 Å². The smallest absolute Gasteiger partial charge is 0.0693 e. The molecule has 1 atom stereocenters. The van der Waals surface area contributed by atoms with E-state index in [-0.39, 0.29) is 6.04 Å². The van der Waals surface area contributed by atoms with Crippen LogP contribution in [0.25, 0.3) is 0 Å². The second kappa shape index (κ2) is 11.9. The van der Waals surface area contributed by atoms with Gasteiger partial charge in [0.25, 0.3) is 0 Å². The van der Waals surface area contributed by atoms with Gasteiger partial charge in [-0.2, -0.15) is 0 Å². The minimum absolute atomic E-state index is 0.235. The molecule has 3 saturated heterocycles. The zero-order valence-corrected chi connectivity index (χ0v) is 24.5. The number of piperazine rings is 1. The molecule has 4 heterocycles. The lowest BCUT2D eigenvalue weighted by atomic mass is 9.94. The van der Waals surface area contributed by atoms with Crippen molar-refractivity contribution in [2.24, 2.45) is 11.3 Å². The molecule has 5 nitrogen and oxygen atoms in total. The van der Waals surface area contributed by atoms with Crippen LogP contribution in [0.1, 0.15) is 51.9 Å². The predicted octanol–water partition coefficient (Wildman–Crippen LogP) is 5.67. The number of hydrogen-bond donors (Lipinski definition) is 1. The summed E-state index contributed by atoms with van der Waals surface area (Å²) in [4.78, 5) is 10.2. The van der Waals surface area contributed by atoms with Crippen LogP contribution in [-0.4, -0.2) is 84.5 Å². The van der Waals surface area contributed by atoms with E-state index in [2.05, 4.69) is 76.9 Å². The maximum Gasteiger partial charge on any atom is 0.0693 e. The molecule has 1 aliphatic carbocycles. The third-order valence-corrected chi connectivity index (χ3v) is 10.1. The van der Waals surface area contributed by atoms with Crippen LogP contribution in [0.3, 0.4) is 0 Å². The lowest BCUT2D eigenvalue weighted by Crippen LogP contribution is -2.48.